The third-order valence-electron chi connectivity index (χ3n) is 3.92. The Morgan fingerprint density at radius 3 is 2.88 bits per heavy atom. The summed E-state index contributed by atoms with van der Waals surface area (Å²) in [4.78, 5) is 12.2. The van der Waals surface area contributed by atoms with Gasteiger partial charge in [0.1, 0.15) is 24.0 Å². The summed E-state index contributed by atoms with van der Waals surface area (Å²) in [5.41, 5.74) is 1.53. The molecule has 1 saturated heterocycles. The number of carbonyl (C=O) groups is 1. The van der Waals surface area contributed by atoms with Crippen LogP contribution >= 0.6 is 0 Å². The molecule has 124 valence electrons. The number of ether oxygens (including phenoxy) is 1. The van der Waals surface area contributed by atoms with E-state index in [0.29, 0.717) is 12.0 Å². The van der Waals surface area contributed by atoms with Crippen molar-refractivity contribution in [3.63, 3.8) is 0 Å². The molecule has 0 saturated carbocycles. The van der Waals surface area contributed by atoms with E-state index in [1.165, 1.54) is 6.08 Å². The molecule has 6 nitrogen and oxygen atoms in total. The number of para-hydroxylation sites is 1. The van der Waals surface area contributed by atoms with E-state index < -0.39 is 21.8 Å². The number of rotatable bonds is 3. The molecule has 1 N–H and O–H groups in total. The first-order valence-corrected chi connectivity index (χ1v) is 9.34. The van der Waals surface area contributed by atoms with Gasteiger partial charge in [0.25, 0.3) is 5.91 Å². The summed E-state index contributed by atoms with van der Waals surface area (Å²) in [6.45, 7) is 0.271. The van der Waals surface area contributed by atoms with E-state index in [1.807, 2.05) is 36.4 Å². The second-order valence-electron chi connectivity index (χ2n) is 5.79. The summed E-state index contributed by atoms with van der Waals surface area (Å²) in [5.74, 6) is 0.198. The van der Waals surface area contributed by atoms with Crippen molar-refractivity contribution >= 4 is 21.8 Å². The van der Waals surface area contributed by atoms with Crippen LogP contribution in [-0.4, -0.2) is 38.5 Å². The first-order valence-electron chi connectivity index (χ1n) is 7.52. The van der Waals surface area contributed by atoms with Crippen LogP contribution in [0.3, 0.4) is 0 Å². The third-order valence-corrected chi connectivity index (χ3v) is 5.68. The molecule has 2 aliphatic heterocycles. The van der Waals surface area contributed by atoms with E-state index in [4.69, 9.17) is 4.74 Å². The standard InChI is InChI=1S/C17H16N2O4S/c18-9-14(17(20)19-15-5-6-24(21,22)11-15)8-12-7-13-3-1-2-4-16(13)23-10-12/h1-4,7-8,15H,5-6,10-11H2,(H,19,20)/b14-8-/t15-/m1/s1. The minimum atomic E-state index is -3.08. The molecule has 0 bridgehead atoms. The van der Waals surface area contributed by atoms with Crippen molar-refractivity contribution in [3.05, 3.63) is 47.1 Å². The molecule has 0 unspecified atom stereocenters. The van der Waals surface area contributed by atoms with Gasteiger partial charge < -0.3 is 10.1 Å². The highest BCUT2D eigenvalue weighted by Gasteiger charge is 2.29. The Morgan fingerprint density at radius 1 is 1.38 bits per heavy atom. The van der Waals surface area contributed by atoms with E-state index in [9.17, 15) is 18.5 Å². The maximum absolute atomic E-state index is 12.2. The minimum Gasteiger partial charge on any atom is -0.488 e. The van der Waals surface area contributed by atoms with Crippen LogP contribution in [0.15, 0.2) is 41.5 Å². The Morgan fingerprint density at radius 2 is 2.17 bits per heavy atom. The summed E-state index contributed by atoms with van der Waals surface area (Å²) in [7, 11) is -3.08. The molecule has 1 amide bonds. The van der Waals surface area contributed by atoms with Crippen LogP contribution in [-0.2, 0) is 14.6 Å². The topological polar surface area (TPSA) is 96.3 Å². The molecule has 0 spiro atoms. The Bertz CT molecular complexity index is 878. The van der Waals surface area contributed by atoms with Gasteiger partial charge in [-0.15, -0.1) is 0 Å². The molecule has 3 rings (SSSR count). The number of carbonyl (C=O) groups excluding carboxylic acids is 1. The molecule has 1 atom stereocenters. The SMILES string of the molecule is N#C/C(=C/C1=Cc2ccccc2OC1)C(=O)N[C@@H]1CCS(=O)(=O)C1. The molecule has 0 radical (unpaired) electrons. The highest BCUT2D eigenvalue weighted by molar-refractivity contribution is 7.91. The fourth-order valence-electron chi connectivity index (χ4n) is 2.72. The van der Waals surface area contributed by atoms with Crippen molar-refractivity contribution in [1.29, 1.82) is 5.26 Å². The Labute approximate surface area is 140 Å². The van der Waals surface area contributed by atoms with Gasteiger partial charge in [0.15, 0.2) is 9.84 Å². The average Bonchev–Trinajstić information content (AvgIpc) is 2.91. The Balaban J connectivity index is 1.75. The van der Waals surface area contributed by atoms with E-state index in [2.05, 4.69) is 5.32 Å². The Kier molecular flexibility index (Phi) is 4.40. The number of hydrogen-bond acceptors (Lipinski definition) is 5. The van der Waals surface area contributed by atoms with Crippen LogP contribution in [0, 0.1) is 11.3 Å². The maximum atomic E-state index is 12.2. The van der Waals surface area contributed by atoms with Gasteiger partial charge in [0.2, 0.25) is 0 Å². The average molecular weight is 344 g/mol. The first-order chi connectivity index (χ1) is 11.5. The van der Waals surface area contributed by atoms with Crippen LogP contribution in [0.2, 0.25) is 0 Å². The second-order valence-corrected chi connectivity index (χ2v) is 8.02. The molecule has 1 fully saturated rings. The molecule has 0 aromatic heterocycles. The quantitative estimate of drug-likeness (QED) is 0.657. The van der Waals surface area contributed by atoms with Crippen molar-refractivity contribution in [1.82, 2.24) is 5.32 Å². The molecule has 24 heavy (non-hydrogen) atoms. The lowest BCUT2D eigenvalue weighted by Gasteiger charge is -2.16. The molecular weight excluding hydrogens is 328 g/mol. The smallest absolute Gasteiger partial charge is 0.262 e. The van der Waals surface area contributed by atoms with Gasteiger partial charge in [-0.3, -0.25) is 4.79 Å². The number of nitrogens with one attached hydrogen (secondary N) is 1. The van der Waals surface area contributed by atoms with Crippen molar-refractivity contribution in [2.24, 2.45) is 0 Å². The highest BCUT2D eigenvalue weighted by atomic mass is 32.2. The van der Waals surface area contributed by atoms with Crippen LogP contribution < -0.4 is 10.1 Å². The fraction of sp³-hybridized carbons (Fsp3) is 0.294. The van der Waals surface area contributed by atoms with Gasteiger partial charge in [-0.05, 0) is 30.2 Å². The number of nitrogens with zero attached hydrogens (tertiary/aromatic N) is 1. The number of hydrogen-bond donors (Lipinski definition) is 1. The normalized spacial score (nSPS) is 21.9. The zero-order valence-electron chi connectivity index (χ0n) is 12.9. The van der Waals surface area contributed by atoms with Crippen LogP contribution in [0.4, 0.5) is 0 Å². The van der Waals surface area contributed by atoms with Crippen LogP contribution in [0.5, 0.6) is 5.75 Å². The van der Waals surface area contributed by atoms with Crippen molar-refractivity contribution in [3.8, 4) is 11.8 Å². The number of nitriles is 1. The molecule has 0 aliphatic carbocycles. The van der Waals surface area contributed by atoms with Gasteiger partial charge in [-0.1, -0.05) is 18.2 Å². The van der Waals surface area contributed by atoms with Crippen LogP contribution in [0.1, 0.15) is 12.0 Å². The maximum Gasteiger partial charge on any atom is 0.262 e. The molecule has 1 aromatic rings. The minimum absolute atomic E-state index is 0.0615. The van der Waals surface area contributed by atoms with E-state index in [-0.39, 0.29) is 23.7 Å². The molecule has 2 aliphatic rings. The summed E-state index contributed by atoms with van der Waals surface area (Å²) >= 11 is 0. The van der Waals surface area contributed by atoms with Gasteiger partial charge in [0, 0.05) is 11.6 Å². The number of sulfone groups is 1. The van der Waals surface area contributed by atoms with Gasteiger partial charge in [-0.2, -0.15) is 5.26 Å². The van der Waals surface area contributed by atoms with E-state index in [1.54, 1.807) is 0 Å². The summed E-state index contributed by atoms with van der Waals surface area (Å²) in [6.07, 6.45) is 3.73. The van der Waals surface area contributed by atoms with Gasteiger partial charge in [-0.25, -0.2) is 8.42 Å². The van der Waals surface area contributed by atoms with Gasteiger partial charge >= 0.3 is 0 Å². The van der Waals surface area contributed by atoms with E-state index >= 15 is 0 Å². The summed E-state index contributed by atoms with van der Waals surface area (Å²) in [6, 6.07) is 8.93. The Hall–Kier alpha value is -2.59. The highest BCUT2D eigenvalue weighted by Crippen LogP contribution is 2.26. The predicted octanol–water partition coefficient (Wildman–Crippen LogP) is 1.22. The largest absolute Gasteiger partial charge is 0.488 e. The van der Waals surface area contributed by atoms with Gasteiger partial charge in [0.05, 0.1) is 11.5 Å². The monoisotopic (exact) mass is 344 g/mol. The molecule has 1 aromatic carbocycles. The lowest BCUT2D eigenvalue weighted by molar-refractivity contribution is -0.117. The van der Waals surface area contributed by atoms with E-state index in [0.717, 1.165) is 11.3 Å². The lowest BCUT2D eigenvalue weighted by Crippen LogP contribution is -2.36. The van der Waals surface area contributed by atoms with Crippen molar-refractivity contribution in [2.75, 3.05) is 18.1 Å². The van der Waals surface area contributed by atoms with Crippen molar-refractivity contribution < 1.29 is 17.9 Å². The first kappa shape index (κ1) is 16.3. The lowest BCUT2D eigenvalue weighted by atomic mass is 10.0. The molecule has 7 heteroatoms. The predicted molar refractivity (Wildman–Crippen MR) is 88.8 cm³/mol. The zero-order chi connectivity index (χ0) is 17.2. The van der Waals surface area contributed by atoms with Crippen molar-refractivity contribution in [2.45, 2.75) is 12.5 Å². The second kappa shape index (κ2) is 6.49. The summed E-state index contributed by atoms with van der Waals surface area (Å²) in [5, 5.41) is 11.9. The molecule has 2 heterocycles. The molecular formula is C17H16N2O4S. The summed E-state index contributed by atoms with van der Waals surface area (Å²) < 4.78 is 28.5. The third kappa shape index (κ3) is 3.66. The number of amides is 1. The number of fused-ring (bicyclic) bond motifs is 1. The van der Waals surface area contributed by atoms with Crippen LogP contribution in [0.25, 0.3) is 6.08 Å². The zero-order valence-corrected chi connectivity index (χ0v) is 13.7. The number of benzene rings is 1. The fourth-order valence-corrected chi connectivity index (χ4v) is 4.40.